The van der Waals surface area contributed by atoms with Crippen molar-refractivity contribution < 1.29 is 14.4 Å². The second-order valence-corrected chi connectivity index (χ2v) is 6.18. The highest BCUT2D eigenvalue weighted by atomic mass is 35.5. The standard InChI is InChI=1S/C14H24ClN3O3/c1-8(2)5-10(16)14(21)18-11(12(19)7-15)6-9-3-4-17-13(9)20/h8-11H,3-7,16H2,1-2H3,(H,17,20)(H,18,21)/t9-,10-,11-/m0/s1. The summed E-state index contributed by atoms with van der Waals surface area (Å²) in [7, 11) is 0. The van der Waals surface area contributed by atoms with E-state index in [1.54, 1.807) is 0 Å². The van der Waals surface area contributed by atoms with Gasteiger partial charge >= 0.3 is 0 Å². The van der Waals surface area contributed by atoms with E-state index in [0.29, 0.717) is 19.4 Å². The van der Waals surface area contributed by atoms with Gasteiger partial charge in [0.15, 0.2) is 5.78 Å². The maximum atomic E-state index is 12.0. The van der Waals surface area contributed by atoms with Crippen LogP contribution in [0.2, 0.25) is 0 Å². The second-order valence-electron chi connectivity index (χ2n) is 5.91. The van der Waals surface area contributed by atoms with E-state index in [2.05, 4.69) is 10.6 Å². The molecule has 21 heavy (non-hydrogen) atoms. The highest BCUT2D eigenvalue weighted by molar-refractivity contribution is 6.28. The predicted octanol–water partition coefficient (Wildman–Crippen LogP) is 0.179. The zero-order valence-corrected chi connectivity index (χ0v) is 13.3. The highest BCUT2D eigenvalue weighted by Crippen LogP contribution is 2.17. The van der Waals surface area contributed by atoms with Crippen LogP contribution >= 0.6 is 11.6 Å². The van der Waals surface area contributed by atoms with E-state index < -0.39 is 12.1 Å². The molecule has 2 amide bonds. The minimum absolute atomic E-state index is 0.0805. The minimum atomic E-state index is -0.748. The van der Waals surface area contributed by atoms with Gasteiger partial charge in [-0.3, -0.25) is 14.4 Å². The Kier molecular flexibility index (Phi) is 7.11. The van der Waals surface area contributed by atoms with Gasteiger partial charge in [-0.2, -0.15) is 0 Å². The van der Waals surface area contributed by atoms with Crippen LogP contribution in [0.1, 0.15) is 33.1 Å². The molecule has 120 valence electrons. The number of hydrogen-bond acceptors (Lipinski definition) is 4. The lowest BCUT2D eigenvalue weighted by Crippen LogP contribution is -2.50. The van der Waals surface area contributed by atoms with Crippen molar-refractivity contribution in [1.82, 2.24) is 10.6 Å². The number of rotatable bonds is 8. The van der Waals surface area contributed by atoms with Crippen LogP contribution in [0.4, 0.5) is 0 Å². The SMILES string of the molecule is CC(C)C[C@H](N)C(=O)N[C@@H](C[C@@H]1CCNC1=O)C(=O)CCl. The van der Waals surface area contributed by atoms with E-state index in [1.807, 2.05) is 13.8 Å². The highest BCUT2D eigenvalue weighted by Gasteiger charge is 2.31. The molecule has 1 heterocycles. The number of carbonyl (C=O) groups excluding carboxylic acids is 3. The van der Waals surface area contributed by atoms with Crippen LogP contribution in [0.15, 0.2) is 0 Å². The van der Waals surface area contributed by atoms with Gasteiger partial charge in [0.05, 0.1) is 18.0 Å². The molecule has 1 aliphatic heterocycles. The second kappa shape index (κ2) is 8.34. The lowest BCUT2D eigenvalue weighted by atomic mass is 9.95. The van der Waals surface area contributed by atoms with E-state index >= 15 is 0 Å². The summed E-state index contributed by atoms with van der Waals surface area (Å²) in [6.07, 6.45) is 1.48. The third-order valence-electron chi connectivity index (χ3n) is 3.58. The Morgan fingerprint density at radius 1 is 1.48 bits per heavy atom. The lowest BCUT2D eigenvalue weighted by molar-refractivity contribution is -0.129. The number of hydrogen-bond donors (Lipinski definition) is 3. The maximum Gasteiger partial charge on any atom is 0.237 e. The molecular formula is C14H24ClN3O3. The lowest BCUT2D eigenvalue weighted by Gasteiger charge is -2.22. The summed E-state index contributed by atoms with van der Waals surface area (Å²) in [6, 6.07) is -1.41. The molecule has 1 aliphatic rings. The molecule has 0 bridgehead atoms. The van der Waals surface area contributed by atoms with Crippen LogP contribution in [-0.4, -0.2) is 42.1 Å². The van der Waals surface area contributed by atoms with Crippen LogP contribution < -0.4 is 16.4 Å². The largest absolute Gasteiger partial charge is 0.356 e. The number of Topliss-reactive ketones (excluding diaryl/α,β-unsaturated/α-hetero) is 1. The first-order valence-electron chi connectivity index (χ1n) is 7.27. The quantitative estimate of drug-likeness (QED) is 0.556. The number of alkyl halides is 1. The molecule has 3 atom stereocenters. The fourth-order valence-electron chi connectivity index (χ4n) is 2.41. The summed E-state index contributed by atoms with van der Waals surface area (Å²) in [5, 5.41) is 5.36. The predicted molar refractivity (Wildman–Crippen MR) is 80.8 cm³/mol. The first kappa shape index (κ1) is 17.9. The smallest absolute Gasteiger partial charge is 0.237 e. The van der Waals surface area contributed by atoms with E-state index in [0.717, 1.165) is 0 Å². The molecule has 1 fully saturated rings. The van der Waals surface area contributed by atoms with Crippen LogP contribution in [-0.2, 0) is 14.4 Å². The molecule has 0 spiro atoms. The molecule has 6 nitrogen and oxygen atoms in total. The molecule has 1 saturated heterocycles. The molecule has 7 heteroatoms. The van der Waals surface area contributed by atoms with Gasteiger partial charge in [-0.05, 0) is 25.2 Å². The van der Waals surface area contributed by atoms with Gasteiger partial charge in [0, 0.05) is 12.5 Å². The summed E-state index contributed by atoms with van der Waals surface area (Å²) < 4.78 is 0. The minimum Gasteiger partial charge on any atom is -0.356 e. The van der Waals surface area contributed by atoms with Crippen LogP contribution in [0, 0.1) is 11.8 Å². The third-order valence-corrected chi connectivity index (χ3v) is 3.85. The molecule has 4 N–H and O–H groups in total. The van der Waals surface area contributed by atoms with Crippen molar-refractivity contribution in [3.63, 3.8) is 0 Å². The zero-order chi connectivity index (χ0) is 16.0. The zero-order valence-electron chi connectivity index (χ0n) is 12.5. The van der Waals surface area contributed by atoms with Crippen LogP contribution in [0.25, 0.3) is 0 Å². The van der Waals surface area contributed by atoms with Gasteiger partial charge in [-0.1, -0.05) is 13.8 Å². The first-order chi connectivity index (χ1) is 9.85. The summed E-state index contributed by atoms with van der Waals surface area (Å²) in [5.74, 6) is -0.911. The normalized spacial score (nSPS) is 21.0. The number of amides is 2. The van der Waals surface area contributed by atoms with Crippen molar-refractivity contribution in [3.8, 4) is 0 Å². The van der Waals surface area contributed by atoms with Gasteiger partial charge in [0.2, 0.25) is 11.8 Å². The van der Waals surface area contributed by atoms with Crippen molar-refractivity contribution in [2.24, 2.45) is 17.6 Å². The van der Waals surface area contributed by atoms with Gasteiger partial charge < -0.3 is 16.4 Å². The Balaban J connectivity index is 2.63. The van der Waals surface area contributed by atoms with E-state index in [4.69, 9.17) is 17.3 Å². The summed E-state index contributed by atoms with van der Waals surface area (Å²) >= 11 is 5.58. The Labute approximate surface area is 130 Å². The molecule has 0 unspecified atom stereocenters. The van der Waals surface area contributed by atoms with Gasteiger partial charge in [0.25, 0.3) is 0 Å². The molecule has 1 rings (SSSR count). The van der Waals surface area contributed by atoms with Gasteiger partial charge in [0.1, 0.15) is 0 Å². The molecule has 0 aromatic heterocycles. The third kappa shape index (κ3) is 5.63. The first-order valence-corrected chi connectivity index (χ1v) is 7.81. The molecule has 0 aromatic rings. The number of ketones is 1. The number of carbonyl (C=O) groups is 3. The van der Waals surface area contributed by atoms with Crippen molar-refractivity contribution in [1.29, 1.82) is 0 Å². The number of nitrogens with one attached hydrogen (secondary N) is 2. The van der Waals surface area contributed by atoms with Crippen molar-refractivity contribution >= 4 is 29.2 Å². The Morgan fingerprint density at radius 2 is 2.14 bits per heavy atom. The average Bonchev–Trinajstić information content (AvgIpc) is 2.81. The number of halogens is 1. The summed E-state index contributed by atoms with van der Waals surface area (Å²) in [6.45, 7) is 4.54. The number of nitrogens with two attached hydrogens (primary N) is 1. The van der Waals surface area contributed by atoms with E-state index in [-0.39, 0.29) is 41.7 Å². The summed E-state index contributed by atoms with van der Waals surface area (Å²) in [4.78, 5) is 35.5. The monoisotopic (exact) mass is 317 g/mol. The molecule has 0 aliphatic carbocycles. The average molecular weight is 318 g/mol. The van der Waals surface area contributed by atoms with Crippen molar-refractivity contribution in [2.45, 2.75) is 45.2 Å². The van der Waals surface area contributed by atoms with Crippen molar-refractivity contribution in [2.75, 3.05) is 12.4 Å². The Hall–Kier alpha value is -1.14. The molecular weight excluding hydrogens is 294 g/mol. The summed E-state index contributed by atoms with van der Waals surface area (Å²) in [5.41, 5.74) is 5.81. The van der Waals surface area contributed by atoms with E-state index in [1.165, 1.54) is 0 Å². The Morgan fingerprint density at radius 3 is 2.62 bits per heavy atom. The van der Waals surface area contributed by atoms with E-state index in [9.17, 15) is 14.4 Å². The topological polar surface area (TPSA) is 101 Å². The van der Waals surface area contributed by atoms with Crippen LogP contribution in [0.3, 0.4) is 0 Å². The Bertz CT molecular complexity index is 401. The van der Waals surface area contributed by atoms with Gasteiger partial charge in [-0.25, -0.2) is 0 Å². The molecule has 0 radical (unpaired) electrons. The molecule has 0 saturated carbocycles. The fourth-order valence-corrected chi connectivity index (χ4v) is 2.60. The maximum absolute atomic E-state index is 12.0. The van der Waals surface area contributed by atoms with Crippen molar-refractivity contribution in [3.05, 3.63) is 0 Å². The fraction of sp³-hybridized carbons (Fsp3) is 0.786. The molecule has 0 aromatic carbocycles. The van der Waals surface area contributed by atoms with Crippen LogP contribution in [0.5, 0.6) is 0 Å². The van der Waals surface area contributed by atoms with Gasteiger partial charge in [-0.15, -0.1) is 11.6 Å².